The first-order valence-corrected chi connectivity index (χ1v) is 7.65. The van der Waals surface area contributed by atoms with Crippen LogP contribution in [0.2, 0.25) is 10.0 Å². The summed E-state index contributed by atoms with van der Waals surface area (Å²) in [7, 11) is 1.82. The van der Waals surface area contributed by atoms with Crippen molar-refractivity contribution in [3.63, 3.8) is 0 Å². The summed E-state index contributed by atoms with van der Waals surface area (Å²) in [6, 6.07) is 14.3. The van der Waals surface area contributed by atoms with Gasteiger partial charge in [0.25, 0.3) is 5.91 Å². The van der Waals surface area contributed by atoms with Crippen LogP contribution in [-0.4, -0.2) is 15.5 Å². The SMILES string of the molecule is Cn1c(-c2ccc(Cl)c(Cl)c2)cnc1NC(=O)c1ccccc1. The molecule has 1 amide bonds. The molecule has 23 heavy (non-hydrogen) atoms. The molecule has 116 valence electrons. The number of nitrogens with zero attached hydrogens (tertiary/aromatic N) is 2. The molecule has 3 rings (SSSR count). The van der Waals surface area contributed by atoms with Gasteiger partial charge in [-0.15, -0.1) is 0 Å². The molecule has 0 fully saturated rings. The average molecular weight is 346 g/mol. The fraction of sp³-hybridized carbons (Fsp3) is 0.0588. The Bertz CT molecular complexity index is 860. The number of carbonyl (C=O) groups is 1. The van der Waals surface area contributed by atoms with Crippen LogP contribution in [0.4, 0.5) is 5.95 Å². The van der Waals surface area contributed by atoms with Gasteiger partial charge in [-0.2, -0.15) is 0 Å². The summed E-state index contributed by atoms with van der Waals surface area (Å²) >= 11 is 12.0. The van der Waals surface area contributed by atoms with Gasteiger partial charge in [-0.3, -0.25) is 10.1 Å². The minimum absolute atomic E-state index is 0.208. The minimum atomic E-state index is -0.208. The van der Waals surface area contributed by atoms with Crippen molar-refractivity contribution in [3.05, 3.63) is 70.3 Å². The number of halogens is 2. The maximum absolute atomic E-state index is 12.2. The van der Waals surface area contributed by atoms with E-state index in [0.29, 0.717) is 21.6 Å². The first-order chi connectivity index (χ1) is 11.1. The van der Waals surface area contributed by atoms with Gasteiger partial charge in [0.15, 0.2) is 0 Å². The molecular formula is C17H13Cl2N3O. The van der Waals surface area contributed by atoms with Crippen LogP contribution in [0.1, 0.15) is 10.4 Å². The third-order valence-corrected chi connectivity index (χ3v) is 4.20. The second-order valence-corrected chi connectivity index (χ2v) is 5.79. The molecule has 3 aromatic rings. The van der Waals surface area contributed by atoms with Gasteiger partial charge in [0, 0.05) is 18.2 Å². The summed E-state index contributed by atoms with van der Waals surface area (Å²) in [5.41, 5.74) is 2.27. The Kier molecular flexibility index (Phi) is 4.37. The van der Waals surface area contributed by atoms with Crippen molar-refractivity contribution in [1.82, 2.24) is 9.55 Å². The van der Waals surface area contributed by atoms with E-state index in [9.17, 15) is 4.79 Å². The van der Waals surface area contributed by atoms with Crippen LogP contribution in [0.5, 0.6) is 0 Å². The summed E-state index contributed by atoms with van der Waals surface area (Å²) in [6.07, 6.45) is 1.68. The lowest BCUT2D eigenvalue weighted by Crippen LogP contribution is -2.15. The molecule has 1 heterocycles. The minimum Gasteiger partial charge on any atom is -0.313 e. The van der Waals surface area contributed by atoms with Crippen LogP contribution in [0.25, 0.3) is 11.3 Å². The number of rotatable bonds is 3. The molecule has 0 bridgehead atoms. The van der Waals surface area contributed by atoms with Gasteiger partial charge in [-0.05, 0) is 24.3 Å². The highest BCUT2D eigenvalue weighted by Gasteiger charge is 2.13. The quantitative estimate of drug-likeness (QED) is 0.751. The zero-order valence-electron chi connectivity index (χ0n) is 12.3. The molecule has 0 saturated carbocycles. The third-order valence-electron chi connectivity index (χ3n) is 3.46. The molecule has 0 unspecified atom stereocenters. The Hall–Kier alpha value is -2.30. The molecular weight excluding hydrogens is 333 g/mol. The predicted molar refractivity (Wildman–Crippen MR) is 93.1 cm³/mol. The number of anilines is 1. The first kappa shape index (κ1) is 15.6. The summed E-state index contributed by atoms with van der Waals surface area (Å²) in [5, 5.41) is 3.76. The van der Waals surface area contributed by atoms with Crippen molar-refractivity contribution in [2.45, 2.75) is 0 Å². The molecule has 0 atom stereocenters. The van der Waals surface area contributed by atoms with E-state index in [4.69, 9.17) is 23.2 Å². The molecule has 2 aromatic carbocycles. The molecule has 0 aliphatic carbocycles. The van der Waals surface area contributed by atoms with E-state index in [2.05, 4.69) is 10.3 Å². The number of hydrogen-bond donors (Lipinski definition) is 1. The van der Waals surface area contributed by atoms with Crippen LogP contribution >= 0.6 is 23.2 Å². The Morgan fingerprint density at radius 1 is 1.09 bits per heavy atom. The Balaban J connectivity index is 1.87. The van der Waals surface area contributed by atoms with E-state index in [1.54, 1.807) is 35.0 Å². The maximum Gasteiger partial charge on any atom is 0.257 e. The van der Waals surface area contributed by atoms with Crippen LogP contribution in [0.3, 0.4) is 0 Å². The number of carbonyl (C=O) groups excluding carboxylic acids is 1. The van der Waals surface area contributed by atoms with E-state index in [0.717, 1.165) is 11.3 Å². The van der Waals surface area contributed by atoms with Gasteiger partial charge in [-0.25, -0.2) is 4.98 Å². The smallest absolute Gasteiger partial charge is 0.257 e. The van der Waals surface area contributed by atoms with Crippen molar-refractivity contribution in [2.75, 3.05) is 5.32 Å². The van der Waals surface area contributed by atoms with Crippen LogP contribution in [-0.2, 0) is 7.05 Å². The molecule has 1 aromatic heterocycles. The molecule has 0 radical (unpaired) electrons. The van der Waals surface area contributed by atoms with Crippen LogP contribution < -0.4 is 5.32 Å². The second kappa shape index (κ2) is 6.44. The van der Waals surface area contributed by atoms with Crippen molar-refractivity contribution in [3.8, 4) is 11.3 Å². The number of benzene rings is 2. The van der Waals surface area contributed by atoms with E-state index < -0.39 is 0 Å². The standard InChI is InChI=1S/C17H13Cl2N3O/c1-22-15(12-7-8-13(18)14(19)9-12)10-20-17(22)21-16(23)11-5-3-2-4-6-11/h2-10H,1H3,(H,20,21,23). The number of imidazole rings is 1. The molecule has 0 aliphatic rings. The summed E-state index contributed by atoms with van der Waals surface area (Å²) in [5.74, 6) is 0.250. The zero-order chi connectivity index (χ0) is 16.4. The number of hydrogen-bond acceptors (Lipinski definition) is 2. The van der Waals surface area contributed by atoms with E-state index in [1.807, 2.05) is 31.3 Å². The van der Waals surface area contributed by atoms with Gasteiger partial charge in [0.1, 0.15) is 0 Å². The average Bonchev–Trinajstić information content (AvgIpc) is 2.92. The molecule has 0 spiro atoms. The fourth-order valence-corrected chi connectivity index (χ4v) is 2.51. The lowest BCUT2D eigenvalue weighted by Gasteiger charge is -2.08. The van der Waals surface area contributed by atoms with Crippen molar-refractivity contribution in [2.24, 2.45) is 7.05 Å². The van der Waals surface area contributed by atoms with Crippen LogP contribution in [0, 0.1) is 0 Å². The normalized spacial score (nSPS) is 10.6. The zero-order valence-corrected chi connectivity index (χ0v) is 13.8. The van der Waals surface area contributed by atoms with Gasteiger partial charge in [-0.1, -0.05) is 47.5 Å². The van der Waals surface area contributed by atoms with Gasteiger partial charge in [0.05, 0.1) is 21.9 Å². The lowest BCUT2D eigenvalue weighted by atomic mass is 10.2. The van der Waals surface area contributed by atoms with E-state index in [1.165, 1.54) is 0 Å². The van der Waals surface area contributed by atoms with E-state index in [-0.39, 0.29) is 5.91 Å². The molecule has 0 saturated heterocycles. The molecule has 1 N–H and O–H groups in total. The monoisotopic (exact) mass is 345 g/mol. The van der Waals surface area contributed by atoms with Crippen molar-refractivity contribution < 1.29 is 4.79 Å². The predicted octanol–water partition coefficient (Wildman–Crippen LogP) is 4.65. The highest BCUT2D eigenvalue weighted by atomic mass is 35.5. The first-order valence-electron chi connectivity index (χ1n) is 6.90. The van der Waals surface area contributed by atoms with Crippen LogP contribution in [0.15, 0.2) is 54.7 Å². The Labute approximate surface area is 143 Å². The van der Waals surface area contributed by atoms with Crippen molar-refractivity contribution >= 4 is 35.1 Å². The van der Waals surface area contributed by atoms with Gasteiger partial charge < -0.3 is 4.57 Å². The lowest BCUT2D eigenvalue weighted by molar-refractivity contribution is 0.102. The third kappa shape index (κ3) is 3.23. The van der Waals surface area contributed by atoms with Gasteiger partial charge >= 0.3 is 0 Å². The van der Waals surface area contributed by atoms with Crippen molar-refractivity contribution in [1.29, 1.82) is 0 Å². The van der Waals surface area contributed by atoms with E-state index >= 15 is 0 Å². The largest absolute Gasteiger partial charge is 0.313 e. The molecule has 4 nitrogen and oxygen atoms in total. The molecule has 0 aliphatic heterocycles. The number of aromatic nitrogens is 2. The number of nitrogens with one attached hydrogen (secondary N) is 1. The second-order valence-electron chi connectivity index (χ2n) is 4.98. The number of amides is 1. The maximum atomic E-state index is 12.2. The Morgan fingerprint density at radius 2 is 1.83 bits per heavy atom. The summed E-state index contributed by atoms with van der Waals surface area (Å²) < 4.78 is 1.79. The summed E-state index contributed by atoms with van der Waals surface area (Å²) in [4.78, 5) is 16.5. The van der Waals surface area contributed by atoms with Gasteiger partial charge in [0.2, 0.25) is 5.95 Å². The molecule has 6 heteroatoms. The highest BCUT2D eigenvalue weighted by Crippen LogP contribution is 2.29. The summed E-state index contributed by atoms with van der Waals surface area (Å²) in [6.45, 7) is 0. The topological polar surface area (TPSA) is 46.9 Å². The fourth-order valence-electron chi connectivity index (χ4n) is 2.21. The Morgan fingerprint density at radius 3 is 2.52 bits per heavy atom. The highest BCUT2D eigenvalue weighted by molar-refractivity contribution is 6.42.